The van der Waals surface area contributed by atoms with E-state index in [4.69, 9.17) is 4.74 Å². The summed E-state index contributed by atoms with van der Waals surface area (Å²) < 4.78 is 95.4. The largest absolute Gasteiger partial charge is 0.459 e. The molecular weight excluding hydrogens is 341 g/mol. The number of methoxy groups -OCH3 is 1. The van der Waals surface area contributed by atoms with E-state index in [1.807, 2.05) is 13.8 Å². The molecule has 1 aromatic carbocycles. The van der Waals surface area contributed by atoms with Gasteiger partial charge in [0.1, 0.15) is 0 Å². The first-order valence-electron chi connectivity index (χ1n) is 7.16. The van der Waals surface area contributed by atoms with Gasteiger partial charge in [-0.25, -0.2) is 0 Å². The highest BCUT2D eigenvalue weighted by Crippen LogP contribution is 2.51. The van der Waals surface area contributed by atoms with Crippen molar-refractivity contribution < 1.29 is 35.5 Å². The fraction of sp³-hybridized carbons (Fsp3) is 0.625. The molecule has 138 valence electrons. The van der Waals surface area contributed by atoms with Gasteiger partial charge in [0.2, 0.25) is 0 Å². The van der Waals surface area contributed by atoms with E-state index in [1.165, 1.54) is 12.1 Å². The Morgan fingerprint density at radius 2 is 1.38 bits per heavy atom. The van der Waals surface area contributed by atoms with Crippen LogP contribution in [0.15, 0.2) is 24.3 Å². The summed E-state index contributed by atoms with van der Waals surface area (Å²) in [6.07, 6.45) is -8.17. The van der Waals surface area contributed by atoms with Crippen LogP contribution in [0, 0.1) is 0 Å². The molecule has 0 amide bonds. The standard InChI is InChI=1S/C16H19F7O/c1-10(2)11-5-7-12(8-6-11)13(3,24-4)9-14(17,18)15(19,20)16(21,22)23/h5-8,10H,9H2,1-4H3. The van der Waals surface area contributed by atoms with Crippen molar-refractivity contribution in [1.29, 1.82) is 0 Å². The molecule has 0 aliphatic carbocycles. The summed E-state index contributed by atoms with van der Waals surface area (Å²) in [4.78, 5) is 0. The van der Waals surface area contributed by atoms with E-state index in [2.05, 4.69) is 0 Å². The van der Waals surface area contributed by atoms with Crippen LogP contribution in [-0.2, 0) is 10.3 Å². The van der Waals surface area contributed by atoms with Crippen molar-refractivity contribution >= 4 is 0 Å². The zero-order valence-corrected chi connectivity index (χ0v) is 13.6. The number of alkyl halides is 7. The highest BCUT2D eigenvalue weighted by Gasteiger charge is 2.73. The summed E-state index contributed by atoms with van der Waals surface area (Å²) >= 11 is 0. The minimum atomic E-state index is -6.35. The van der Waals surface area contributed by atoms with Gasteiger partial charge in [0.15, 0.2) is 0 Å². The fourth-order valence-electron chi connectivity index (χ4n) is 2.25. The number of benzene rings is 1. The molecule has 0 aromatic heterocycles. The lowest BCUT2D eigenvalue weighted by Crippen LogP contribution is -2.54. The van der Waals surface area contributed by atoms with Crippen molar-refractivity contribution in [1.82, 2.24) is 0 Å². The quantitative estimate of drug-likeness (QED) is 0.575. The van der Waals surface area contributed by atoms with Gasteiger partial charge in [0.05, 0.1) is 12.0 Å². The van der Waals surface area contributed by atoms with Crippen molar-refractivity contribution in [3.8, 4) is 0 Å². The van der Waals surface area contributed by atoms with Gasteiger partial charge in [0, 0.05) is 7.11 Å². The van der Waals surface area contributed by atoms with Crippen LogP contribution in [0.3, 0.4) is 0 Å². The zero-order valence-electron chi connectivity index (χ0n) is 13.6. The second-order valence-corrected chi connectivity index (χ2v) is 6.17. The van der Waals surface area contributed by atoms with Gasteiger partial charge in [-0.15, -0.1) is 0 Å². The second kappa shape index (κ2) is 6.54. The van der Waals surface area contributed by atoms with Crippen LogP contribution in [0.1, 0.15) is 44.2 Å². The van der Waals surface area contributed by atoms with E-state index < -0.39 is 30.0 Å². The summed E-state index contributed by atoms with van der Waals surface area (Å²) in [5, 5.41) is 0. The van der Waals surface area contributed by atoms with Crippen molar-refractivity contribution in [3.05, 3.63) is 35.4 Å². The molecule has 8 heteroatoms. The highest BCUT2D eigenvalue weighted by atomic mass is 19.4. The second-order valence-electron chi connectivity index (χ2n) is 6.17. The Balaban J connectivity index is 3.20. The third-order valence-electron chi connectivity index (χ3n) is 4.01. The van der Waals surface area contributed by atoms with Gasteiger partial charge in [0.25, 0.3) is 0 Å². The van der Waals surface area contributed by atoms with E-state index in [-0.39, 0.29) is 11.5 Å². The molecule has 0 radical (unpaired) electrons. The van der Waals surface area contributed by atoms with Gasteiger partial charge in [-0.05, 0) is 24.0 Å². The molecule has 0 fully saturated rings. The molecule has 0 spiro atoms. The Morgan fingerprint density at radius 3 is 1.71 bits per heavy atom. The van der Waals surface area contributed by atoms with E-state index in [0.29, 0.717) is 0 Å². The molecule has 0 bridgehead atoms. The minimum absolute atomic E-state index is 0.0899. The Bertz CT molecular complexity index is 549. The van der Waals surface area contributed by atoms with E-state index in [9.17, 15) is 30.7 Å². The van der Waals surface area contributed by atoms with Crippen molar-refractivity contribution in [2.75, 3.05) is 7.11 Å². The predicted octanol–water partition coefficient (Wildman–Crippen LogP) is 5.89. The normalized spacial score (nSPS) is 16.3. The SMILES string of the molecule is COC(C)(CC(F)(F)C(F)(F)C(F)(F)F)c1ccc(C(C)C)cc1. The van der Waals surface area contributed by atoms with Crippen LogP contribution < -0.4 is 0 Å². The molecule has 0 N–H and O–H groups in total. The lowest BCUT2D eigenvalue weighted by Gasteiger charge is -2.36. The van der Waals surface area contributed by atoms with E-state index in [1.54, 1.807) is 12.1 Å². The molecule has 1 nitrogen and oxygen atoms in total. The van der Waals surface area contributed by atoms with Crippen LogP contribution >= 0.6 is 0 Å². The monoisotopic (exact) mass is 360 g/mol. The third kappa shape index (κ3) is 3.84. The van der Waals surface area contributed by atoms with Gasteiger partial charge in [-0.3, -0.25) is 0 Å². The first-order valence-corrected chi connectivity index (χ1v) is 7.16. The Hall–Kier alpha value is -1.31. The summed E-state index contributed by atoms with van der Waals surface area (Å²) in [5.74, 6) is -11.3. The number of halogens is 7. The summed E-state index contributed by atoms with van der Waals surface area (Å²) in [6, 6.07) is 5.97. The molecular formula is C16H19F7O. The van der Waals surface area contributed by atoms with E-state index in [0.717, 1.165) is 19.6 Å². The highest BCUT2D eigenvalue weighted by molar-refractivity contribution is 5.29. The smallest absolute Gasteiger partial charge is 0.374 e. The third-order valence-corrected chi connectivity index (χ3v) is 4.01. The molecule has 0 saturated carbocycles. The maximum atomic E-state index is 13.7. The fourth-order valence-corrected chi connectivity index (χ4v) is 2.25. The molecule has 0 aliphatic heterocycles. The molecule has 1 atom stereocenters. The number of hydrogen-bond acceptors (Lipinski definition) is 1. The first-order chi connectivity index (χ1) is 10.7. The minimum Gasteiger partial charge on any atom is -0.374 e. The Morgan fingerprint density at radius 1 is 0.917 bits per heavy atom. The summed E-state index contributed by atoms with van der Waals surface area (Å²) in [7, 11) is 0.984. The number of hydrogen-bond donors (Lipinski definition) is 0. The van der Waals surface area contributed by atoms with Crippen molar-refractivity contribution in [2.24, 2.45) is 0 Å². The average Bonchev–Trinajstić information content (AvgIpc) is 2.45. The predicted molar refractivity (Wildman–Crippen MR) is 75.5 cm³/mol. The first kappa shape index (κ1) is 20.7. The maximum Gasteiger partial charge on any atom is 0.459 e. The van der Waals surface area contributed by atoms with Crippen LogP contribution in [0.5, 0.6) is 0 Å². The molecule has 1 aromatic rings. The zero-order chi connectivity index (χ0) is 19.0. The number of ether oxygens (including phenoxy) is 1. The van der Waals surface area contributed by atoms with Crippen LogP contribution in [0.4, 0.5) is 30.7 Å². The van der Waals surface area contributed by atoms with Gasteiger partial charge in [-0.1, -0.05) is 38.1 Å². The molecule has 0 aliphatic rings. The summed E-state index contributed by atoms with van der Waals surface area (Å²) in [6.45, 7) is 4.84. The molecule has 24 heavy (non-hydrogen) atoms. The van der Waals surface area contributed by atoms with Crippen LogP contribution in [0.2, 0.25) is 0 Å². The molecule has 0 heterocycles. The van der Waals surface area contributed by atoms with Gasteiger partial charge in [-0.2, -0.15) is 30.7 Å². The van der Waals surface area contributed by atoms with Crippen LogP contribution in [-0.4, -0.2) is 25.1 Å². The van der Waals surface area contributed by atoms with Crippen LogP contribution in [0.25, 0.3) is 0 Å². The Labute approximate surface area is 135 Å². The van der Waals surface area contributed by atoms with Gasteiger partial charge >= 0.3 is 18.0 Å². The maximum absolute atomic E-state index is 13.7. The van der Waals surface area contributed by atoms with Crippen molar-refractivity contribution in [3.63, 3.8) is 0 Å². The molecule has 1 rings (SSSR count). The summed E-state index contributed by atoms with van der Waals surface area (Å²) in [5.41, 5.74) is -1.05. The van der Waals surface area contributed by atoms with E-state index >= 15 is 0 Å². The molecule has 0 saturated heterocycles. The lowest BCUT2D eigenvalue weighted by atomic mass is 9.86. The molecule has 1 unspecified atom stereocenters. The van der Waals surface area contributed by atoms with Crippen molar-refractivity contribution in [2.45, 2.75) is 56.7 Å². The average molecular weight is 360 g/mol. The lowest BCUT2D eigenvalue weighted by molar-refractivity contribution is -0.361. The Kier molecular flexibility index (Phi) is 5.65. The number of rotatable bonds is 6. The topological polar surface area (TPSA) is 9.23 Å². The van der Waals surface area contributed by atoms with Gasteiger partial charge < -0.3 is 4.74 Å².